The fraction of sp³-hybridized carbons (Fsp3) is 0.514. The number of rotatable bonds is 20. The lowest BCUT2D eigenvalue weighted by molar-refractivity contribution is -0.150. The van der Waals surface area contributed by atoms with Gasteiger partial charge in [-0.05, 0) is 52.7 Å². The SMILES string of the molecule is CCSC(SCC)[C@H](OCc1ccccc1)[C@@H](OCc1ccccc1)[C@@H](CCO[Si](C)(C)C(C)(C)C)OCc1ccccc1. The van der Waals surface area contributed by atoms with Crippen molar-refractivity contribution >= 4 is 31.8 Å². The zero-order valence-electron chi connectivity index (χ0n) is 27.9. The largest absolute Gasteiger partial charge is 0.417 e. The molecule has 242 valence electrons. The number of hydrogen-bond donors (Lipinski definition) is 0. The van der Waals surface area contributed by atoms with Crippen LogP contribution in [0.15, 0.2) is 91.0 Å². The predicted molar refractivity (Wildman–Crippen MR) is 193 cm³/mol. The van der Waals surface area contributed by atoms with Crippen LogP contribution < -0.4 is 0 Å². The topological polar surface area (TPSA) is 36.9 Å². The van der Waals surface area contributed by atoms with Gasteiger partial charge in [-0.15, -0.1) is 23.5 Å². The minimum absolute atomic E-state index is 0.137. The average Bonchev–Trinajstić information content (AvgIpc) is 3.01. The van der Waals surface area contributed by atoms with E-state index in [0.717, 1.165) is 34.6 Å². The summed E-state index contributed by atoms with van der Waals surface area (Å²) in [4.78, 5) is 0. The lowest BCUT2D eigenvalue weighted by atomic mass is 10.0. The summed E-state index contributed by atoms with van der Waals surface area (Å²) >= 11 is 3.87. The van der Waals surface area contributed by atoms with E-state index in [4.69, 9.17) is 18.6 Å². The van der Waals surface area contributed by atoms with E-state index in [0.29, 0.717) is 26.4 Å². The first kappa shape index (κ1) is 36.9. The molecule has 0 unspecified atom stereocenters. The van der Waals surface area contributed by atoms with Crippen molar-refractivity contribution in [3.8, 4) is 0 Å². The van der Waals surface area contributed by atoms with Gasteiger partial charge in [-0.3, -0.25) is 0 Å². The molecule has 7 heteroatoms. The molecule has 0 fully saturated rings. The van der Waals surface area contributed by atoms with E-state index < -0.39 is 8.32 Å². The zero-order valence-corrected chi connectivity index (χ0v) is 30.5. The van der Waals surface area contributed by atoms with Crippen molar-refractivity contribution in [3.05, 3.63) is 108 Å². The van der Waals surface area contributed by atoms with Crippen molar-refractivity contribution < 1.29 is 18.6 Å². The van der Waals surface area contributed by atoms with Gasteiger partial charge < -0.3 is 18.6 Å². The van der Waals surface area contributed by atoms with E-state index in [2.05, 4.69) is 121 Å². The quantitative estimate of drug-likeness (QED) is 0.0892. The molecule has 0 radical (unpaired) electrons. The molecule has 3 aromatic rings. The first-order valence-corrected chi connectivity index (χ1v) is 21.0. The molecule has 0 aliphatic carbocycles. The van der Waals surface area contributed by atoms with E-state index in [1.807, 2.05) is 41.7 Å². The molecule has 0 aromatic heterocycles. The highest BCUT2D eigenvalue weighted by molar-refractivity contribution is 8.17. The fourth-order valence-corrected chi connectivity index (χ4v) is 8.37. The minimum Gasteiger partial charge on any atom is -0.417 e. The maximum atomic E-state index is 6.93. The molecule has 3 aromatic carbocycles. The van der Waals surface area contributed by atoms with Crippen LogP contribution in [0.1, 0.15) is 57.7 Å². The summed E-state index contributed by atoms with van der Waals surface area (Å²) in [6.45, 7) is 18.1. The Morgan fingerprint density at radius 3 is 1.43 bits per heavy atom. The van der Waals surface area contributed by atoms with Gasteiger partial charge in [-0.25, -0.2) is 0 Å². The highest BCUT2D eigenvalue weighted by Crippen LogP contribution is 2.38. The summed E-state index contributed by atoms with van der Waals surface area (Å²) in [6, 6.07) is 31.3. The van der Waals surface area contributed by atoms with Gasteiger partial charge in [0.05, 0.1) is 30.5 Å². The number of hydrogen-bond acceptors (Lipinski definition) is 6. The van der Waals surface area contributed by atoms with Crippen LogP contribution in [0.2, 0.25) is 18.1 Å². The van der Waals surface area contributed by atoms with Gasteiger partial charge in [0.25, 0.3) is 0 Å². The third-order valence-electron chi connectivity index (χ3n) is 8.17. The summed E-state index contributed by atoms with van der Waals surface area (Å²) in [5.74, 6) is 2.00. The molecule has 3 rings (SSSR count). The van der Waals surface area contributed by atoms with Crippen LogP contribution in [0.25, 0.3) is 0 Å². The third kappa shape index (κ3) is 12.3. The predicted octanol–water partition coefficient (Wildman–Crippen LogP) is 9.99. The maximum absolute atomic E-state index is 6.93. The molecule has 4 nitrogen and oxygen atoms in total. The molecule has 0 amide bonds. The Hall–Kier alpha value is -1.58. The van der Waals surface area contributed by atoms with E-state index in [-0.39, 0.29) is 27.9 Å². The van der Waals surface area contributed by atoms with Gasteiger partial charge in [0.15, 0.2) is 8.32 Å². The van der Waals surface area contributed by atoms with Crippen LogP contribution in [0.3, 0.4) is 0 Å². The molecule has 0 aliphatic rings. The van der Waals surface area contributed by atoms with Gasteiger partial charge in [-0.1, -0.05) is 126 Å². The van der Waals surface area contributed by atoms with Crippen molar-refractivity contribution in [2.45, 2.75) is 102 Å². The van der Waals surface area contributed by atoms with Crippen LogP contribution in [-0.2, 0) is 38.5 Å². The normalized spacial score (nSPS) is 14.5. The molecule has 0 saturated carbocycles. The molecule has 0 saturated heterocycles. The first-order valence-electron chi connectivity index (χ1n) is 16.0. The Labute approximate surface area is 277 Å². The van der Waals surface area contributed by atoms with Crippen molar-refractivity contribution in [2.75, 3.05) is 18.1 Å². The second-order valence-electron chi connectivity index (χ2n) is 12.5. The molecule has 0 N–H and O–H groups in total. The van der Waals surface area contributed by atoms with Gasteiger partial charge in [0.1, 0.15) is 12.2 Å². The van der Waals surface area contributed by atoms with Gasteiger partial charge in [-0.2, -0.15) is 0 Å². The highest BCUT2D eigenvalue weighted by atomic mass is 32.2. The Kier molecular flexibility index (Phi) is 16.1. The Morgan fingerprint density at radius 2 is 1.02 bits per heavy atom. The fourth-order valence-electron chi connectivity index (χ4n) is 4.61. The summed E-state index contributed by atoms with van der Waals surface area (Å²) in [5, 5.41) is 0.137. The van der Waals surface area contributed by atoms with Gasteiger partial charge in [0, 0.05) is 6.61 Å². The number of ether oxygens (including phenoxy) is 3. The van der Waals surface area contributed by atoms with E-state index in [9.17, 15) is 0 Å². The van der Waals surface area contributed by atoms with E-state index in [1.165, 1.54) is 0 Å². The maximum Gasteiger partial charge on any atom is 0.191 e. The molecule has 0 bridgehead atoms. The Balaban J connectivity index is 1.97. The van der Waals surface area contributed by atoms with Crippen LogP contribution in [0, 0.1) is 0 Å². The molecule has 0 spiro atoms. The third-order valence-corrected chi connectivity index (χ3v) is 15.4. The van der Waals surface area contributed by atoms with Crippen molar-refractivity contribution in [3.63, 3.8) is 0 Å². The first-order chi connectivity index (χ1) is 21.1. The Bertz CT molecular complexity index is 1150. The van der Waals surface area contributed by atoms with Crippen molar-refractivity contribution in [1.29, 1.82) is 0 Å². The molecular weight excluding hydrogens is 601 g/mol. The monoisotopic (exact) mass is 654 g/mol. The minimum atomic E-state index is -1.93. The highest BCUT2D eigenvalue weighted by Gasteiger charge is 2.40. The summed E-state index contributed by atoms with van der Waals surface area (Å²) < 4.78 is 27.6. The zero-order chi connectivity index (χ0) is 31.8. The standard InChI is InChI=1S/C37H54O4S2Si/c1-8-42-36(43-9-2)35(40-29-32-23-17-12-18-24-32)34(39-28-31-21-15-11-16-22-31)33(38-27-30-19-13-10-14-20-30)25-26-41-44(6,7)37(3,4)5/h10-24,33-36H,8-9,25-29H2,1-7H3/t33-,34+,35-/m1/s1. The molecular formula is C37H54O4S2Si. The van der Waals surface area contributed by atoms with Crippen molar-refractivity contribution in [2.24, 2.45) is 0 Å². The second-order valence-corrected chi connectivity index (χ2v) is 20.5. The summed E-state index contributed by atoms with van der Waals surface area (Å²) in [6.07, 6.45) is 0.0164. The van der Waals surface area contributed by atoms with Crippen LogP contribution in [-0.4, -0.2) is 49.3 Å². The molecule has 0 aliphatic heterocycles. The molecule has 0 heterocycles. The summed E-state index contributed by atoms with van der Waals surface area (Å²) in [7, 11) is -1.93. The average molecular weight is 655 g/mol. The van der Waals surface area contributed by atoms with Crippen LogP contribution >= 0.6 is 23.5 Å². The smallest absolute Gasteiger partial charge is 0.191 e. The van der Waals surface area contributed by atoms with E-state index in [1.54, 1.807) is 0 Å². The summed E-state index contributed by atoms with van der Waals surface area (Å²) in [5.41, 5.74) is 3.44. The van der Waals surface area contributed by atoms with Gasteiger partial charge >= 0.3 is 0 Å². The Morgan fingerprint density at radius 1 is 0.614 bits per heavy atom. The second kappa shape index (κ2) is 19.2. The number of thioether (sulfide) groups is 2. The van der Waals surface area contributed by atoms with E-state index >= 15 is 0 Å². The number of benzene rings is 3. The van der Waals surface area contributed by atoms with Crippen molar-refractivity contribution in [1.82, 2.24) is 0 Å². The van der Waals surface area contributed by atoms with Crippen LogP contribution in [0.5, 0.6) is 0 Å². The van der Waals surface area contributed by atoms with Gasteiger partial charge in [0.2, 0.25) is 0 Å². The molecule has 3 atom stereocenters. The lowest BCUT2D eigenvalue weighted by Crippen LogP contribution is -2.48. The lowest BCUT2D eigenvalue weighted by Gasteiger charge is -2.39. The molecule has 44 heavy (non-hydrogen) atoms. The van der Waals surface area contributed by atoms with Crippen LogP contribution in [0.4, 0.5) is 0 Å².